The Bertz CT molecular complexity index is 963. The molecule has 0 radical (unpaired) electrons. The van der Waals surface area contributed by atoms with Crippen molar-refractivity contribution in [3.63, 3.8) is 0 Å². The van der Waals surface area contributed by atoms with Gasteiger partial charge in [-0.1, -0.05) is 12.1 Å². The van der Waals surface area contributed by atoms with E-state index in [1.54, 1.807) is 12.4 Å². The van der Waals surface area contributed by atoms with Crippen molar-refractivity contribution in [2.45, 2.75) is 38.3 Å². The number of hydrogen-bond donors (Lipinski definition) is 2. The number of aromatic amines is 1. The lowest BCUT2D eigenvalue weighted by atomic mass is 9.90. The molecular formula is C22H26N6O. The average Bonchev–Trinajstić information content (AvgIpc) is 3.23. The van der Waals surface area contributed by atoms with Gasteiger partial charge in [-0.25, -0.2) is 15.0 Å². The number of rotatable bonds is 4. The van der Waals surface area contributed by atoms with Gasteiger partial charge in [0.15, 0.2) is 0 Å². The van der Waals surface area contributed by atoms with Crippen molar-refractivity contribution >= 4 is 5.95 Å². The number of aromatic nitrogens is 4. The highest BCUT2D eigenvalue weighted by molar-refractivity contribution is 5.37. The summed E-state index contributed by atoms with van der Waals surface area (Å²) in [6.45, 7) is 4.56. The van der Waals surface area contributed by atoms with Crippen LogP contribution in [0.3, 0.4) is 0 Å². The van der Waals surface area contributed by atoms with Gasteiger partial charge in [-0.3, -0.25) is 4.90 Å². The summed E-state index contributed by atoms with van der Waals surface area (Å²) in [6.07, 6.45) is 9.44. The van der Waals surface area contributed by atoms with E-state index in [4.69, 9.17) is 0 Å². The molecule has 0 saturated carbocycles. The van der Waals surface area contributed by atoms with Crippen LogP contribution < -0.4 is 4.90 Å². The molecule has 2 aliphatic rings. The van der Waals surface area contributed by atoms with Crippen LogP contribution in [0.2, 0.25) is 0 Å². The lowest BCUT2D eigenvalue weighted by molar-refractivity contribution is 0.227. The lowest BCUT2D eigenvalue weighted by Crippen LogP contribution is -2.34. The molecule has 0 bridgehead atoms. The fourth-order valence-corrected chi connectivity index (χ4v) is 4.46. The molecule has 1 aromatic carbocycles. The molecule has 7 heteroatoms. The van der Waals surface area contributed by atoms with Crippen molar-refractivity contribution in [2.75, 3.05) is 24.5 Å². The summed E-state index contributed by atoms with van der Waals surface area (Å²) in [5, 5.41) is 9.91. The van der Waals surface area contributed by atoms with Gasteiger partial charge in [0.1, 0.15) is 5.75 Å². The Kier molecular flexibility index (Phi) is 4.89. The first-order chi connectivity index (χ1) is 14.3. The molecule has 1 fully saturated rings. The molecule has 150 valence electrons. The van der Waals surface area contributed by atoms with Crippen LogP contribution in [0, 0.1) is 0 Å². The fourth-order valence-electron chi connectivity index (χ4n) is 4.46. The first kappa shape index (κ1) is 18.1. The summed E-state index contributed by atoms with van der Waals surface area (Å²) in [6, 6.07) is 7.49. The number of phenols is 1. The second-order valence-electron chi connectivity index (χ2n) is 8.02. The molecule has 4 heterocycles. The van der Waals surface area contributed by atoms with Gasteiger partial charge in [0.05, 0.1) is 17.7 Å². The van der Waals surface area contributed by atoms with Gasteiger partial charge in [0, 0.05) is 56.6 Å². The molecular weight excluding hydrogens is 364 g/mol. The Balaban J connectivity index is 1.33. The van der Waals surface area contributed by atoms with Crippen molar-refractivity contribution < 1.29 is 5.11 Å². The quantitative estimate of drug-likeness (QED) is 0.713. The minimum absolute atomic E-state index is 0.130. The highest BCUT2D eigenvalue weighted by Gasteiger charge is 2.29. The summed E-state index contributed by atoms with van der Waals surface area (Å²) < 4.78 is 0. The second kappa shape index (κ2) is 7.83. The molecule has 1 saturated heterocycles. The minimum Gasteiger partial charge on any atom is -0.508 e. The van der Waals surface area contributed by atoms with Crippen LogP contribution in [0.15, 0.2) is 43.0 Å². The number of piperidine rings is 1. The zero-order valence-electron chi connectivity index (χ0n) is 16.5. The van der Waals surface area contributed by atoms with Gasteiger partial charge >= 0.3 is 0 Å². The Hall–Kier alpha value is -2.93. The first-order valence-corrected chi connectivity index (χ1v) is 10.4. The summed E-state index contributed by atoms with van der Waals surface area (Å²) in [5.74, 6) is 1.27. The summed E-state index contributed by atoms with van der Waals surface area (Å²) in [4.78, 5) is 21.8. The van der Waals surface area contributed by atoms with E-state index in [-0.39, 0.29) is 5.92 Å². The molecule has 0 amide bonds. The number of nitrogens with zero attached hydrogens (tertiary/aromatic N) is 5. The van der Waals surface area contributed by atoms with E-state index >= 15 is 0 Å². The number of hydrogen-bond acceptors (Lipinski definition) is 6. The van der Waals surface area contributed by atoms with Crippen LogP contribution in [0.5, 0.6) is 5.75 Å². The standard InChI is InChI=1S/C22H26N6O/c29-18-6-4-5-17(9-18)19-13-27(14-20-21(19)26-15-25-20)12-16-10-23-22(24-11-16)28-7-2-1-3-8-28/h4-6,9-11,15,19,29H,1-3,7-8,12-14H2,(H,25,26). The third kappa shape index (κ3) is 3.82. The van der Waals surface area contributed by atoms with Crippen molar-refractivity contribution in [1.29, 1.82) is 0 Å². The van der Waals surface area contributed by atoms with Crippen molar-refractivity contribution in [3.8, 4) is 5.75 Å². The predicted octanol–water partition coefficient (Wildman–Crippen LogP) is 3.04. The molecule has 5 rings (SSSR count). The van der Waals surface area contributed by atoms with E-state index in [0.717, 1.165) is 61.2 Å². The van der Waals surface area contributed by atoms with E-state index in [1.807, 2.05) is 24.5 Å². The molecule has 1 unspecified atom stereocenters. The van der Waals surface area contributed by atoms with Crippen molar-refractivity contribution in [1.82, 2.24) is 24.8 Å². The molecule has 7 nitrogen and oxygen atoms in total. The van der Waals surface area contributed by atoms with Gasteiger partial charge in [0.25, 0.3) is 0 Å². The Morgan fingerprint density at radius 3 is 2.69 bits per heavy atom. The van der Waals surface area contributed by atoms with Gasteiger partial charge < -0.3 is 15.0 Å². The normalized spacial score (nSPS) is 19.9. The maximum absolute atomic E-state index is 9.91. The zero-order chi connectivity index (χ0) is 19.6. The van der Waals surface area contributed by atoms with E-state index in [9.17, 15) is 5.11 Å². The maximum atomic E-state index is 9.91. The minimum atomic E-state index is 0.130. The van der Waals surface area contributed by atoms with E-state index in [0.29, 0.717) is 5.75 Å². The Labute approximate surface area is 170 Å². The summed E-state index contributed by atoms with van der Waals surface area (Å²) in [5.41, 5.74) is 4.40. The predicted molar refractivity (Wildman–Crippen MR) is 111 cm³/mol. The summed E-state index contributed by atoms with van der Waals surface area (Å²) in [7, 11) is 0. The van der Waals surface area contributed by atoms with Crippen molar-refractivity contribution in [2.24, 2.45) is 0 Å². The highest BCUT2D eigenvalue weighted by atomic mass is 16.3. The topological polar surface area (TPSA) is 81.2 Å². The largest absolute Gasteiger partial charge is 0.508 e. The van der Waals surface area contributed by atoms with E-state index in [1.165, 1.54) is 19.3 Å². The Morgan fingerprint density at radius 1 is 1.07 bits per heavy atom. The number of anilines is 1. The lowest BCUT2D eigenvalue weighted by Gasteiger charge is -2.32. The number of aromatic hydroxyl groups is 1. The van der Waals surface area contributed by atoms with Gasteiger partial charge in [-0.15, -0.1) is 0 Å². The number of imidazole rings is 1. The van der Waals surface area contributed by atoms with Crippen molar-refractivity contribution in [3.05, 3.63) is 65.5 Å². The molecule has 2 aliphatic heterocycles. The fraction of sp³-hybridized carbons (Fsp3) is 0.409. The van der Waals surface area contributed by atoms with Crippen LogP contribution in [-0.2, 0) is 13.1 Å². The Morgan fingerprint density at radius 2 is 1.90 bits per heavy atom. The molecule has 3 aromatic rings. The van der Waals surface area contributed by atoms with E-state index in [2.05, 4.69) is 35.8 Å². The highest BCUT2D eigenvalue weighted by Crippen LogP contribution is 2.33. The maximum Gasteiger partial charge on any atom is 0.225 e. The van der Waals surface area contributed by atoms with Crippen LogP contribution in [-0.4, -0.2) is 49.6 Å². The second-order valence-corrected chi connectivity index (χ2v) is 8.02. The summed E-state index contributed by atoms with van der Waals surface area (Å²) >= 11 is 0. The molecule has 29 heavy (non-hydrogen) atoms. The van der Waals surface area contributed by atoms with E-state index < -0.39 is 0 Å². The molecule has 0 spiro atoms. The van der Waals surface area contributed by atoms with Gasteiger partial charge in [-0.05, 0) is 37.0 Å². The van der Waals surface area contributed by atoms with Gasteiger partial charge in [-0.2, -0.15) is 0 Å². The molecule has 0 aliphatic carbocycles. The average molecular weight is 390 g/mol. The van der Waals surface area contributed by atoms with Gasteiger partial charge in [0.2, 0.25) is 5.95 Å². The zero-order valence-corrected chi connectivity index (χ0v) is 16.5. The van der Waals surface area contributed by atoms with Crippen LogP contribution in [0.1, 0.15) is 47.7 Å². The first-order valence-electron chi connectivity index (χ1n) is 10.4. The third-order valence-corrected chi connectivity index (χ3v) is 5.91. The molecule has 1 atom stereocenters. The van der Waals surface area contributed by atoms with Crippen LogP contribution >= 0.6 is 0 Å². The van der Waals surface area contributed by atoms with Crippen LogP contribution in [0.25, 0.3) is 0 Å². The molecule has 2 N–H and O–H groups in total. The SMILES string of the molecule is Oc1cccc(C2CN(Cc3cnc(N4CCCCC4)nc3)Cc3[nH]cnc32)c1. The monoisotopic (exact) mass is 390 g/mol. The smallest absolute Gasteiger partial charge is 0.225 e. The number of fused-ring (bicyclic) bond motifs is 1. The molecule has 2 aromatic heterocycles. The third-order valence-electron chi connectivity index (χ3n) is 5.91. The number of phenolic OH excluding ortho intramolecular Hbond substituents is 1. The number of nitrogens with one attached hydrogen (secondary N) is 1. The number of H-pyrrole nitrogens is 1. The van der Waals surface area contributed by atoms with Crippen LogP contribution in [0.4, 0.5) is 5.95 Å². The number of benzene rings is 1.